The fraction of sp³-hybridized carbons (Fsp3) is 0.412. The van der Waals surface area contributed by atoms with Gasteiger partial charge in [-0.15, -0.1) is 0 Å². The van der Waals surface area contributed by atoms with E-state index in [-0.39, 0.29) is 73.8 Å². The van der Waals surface area contributed by atoms with Crippen molar-refractivity contribution in [3.63, 3.8) is 0 Å². The van der Waals surface area contributed by atoms with E-state index < -0.39 is 76.9 Å². The summed E-state index contributed by atoms with van der Waals surface area (Å²) in [4.78, 5) is 9.80. The summed E-state index contributed by atoms with van der Waals surface area (Å²) in [7, 11) is -18.0. The van der Waals surface area contributed by atoms with Crippen LogP contribution < -0.4 is 4.90 Å². The SMILES string of the molecule is CCN1/C(=C/C=C/C=C/C=C/C2=[N+](CCCCCC(=O)O)c3ccc4c(S(=O)(=O)[O-])cc(S(=O)(=O)[O-])cc4c3C2(C)CCOCCOC)C(C)(CCOCCOC)c2c1ccc1c(S(=O)(=O)[O-])cc(S(=O)(=O)[O-])cc21. The number of unbranched alkanes of at least 4 members (excludes halogenated alkanes) is 2. The van der Waals surface area contributed by atoms with Crippen molar-refractivity contribution in [3.8, 4) is 0 Å². The van der Waals surface area contributed by atoms with Gasteiger partial charge < -0.3 is 47.2 Å². The predicted octanol–water partition coefficient (Wildman–Crippen LogP) is 6.07. The van der Waals surface area contributed by atoms with Crippen molar-refractivity contribution in [2.75, 3.05) is 71.9 Å². The summed E-state index contributed by atoms with van der Waals surface area (Å²) in [5.41, 5.74) is 1.35. The lowest BCUT2D eigenvalue weighted by Crippen LogP contribution is -2.33. The molecule has 0 aromatic heterocycles. The van der Waals surface area contributed by atoms with Crippen molar-refractivity contribution in [2.24, 2.45) is 0 Å². The quantitative estimate of drug-likeness (QED) is 0.0306. The number of hydrogen-bond donors (Lipinski definition) is 1. The Morgan fingerprint density at radius 3 is 1.67 bits per heavy atom. The molecule has 2 atom stereocenters. The summed E-state index contributed by atoms with van der Waals surface area (Å²) in [6, 6.07) is 9.43. The monoisotopic (exact) mass is 1120 g/mol. The lowest BCUT2D eigenvalue weighted by Gasteiger charge is -2.30. The van der Waals surface area contributed by atoms with Gasteiger partial charge in [-0.2, -0.15) is 4.58 Å². The van der Waals surface area contributed by atoms with Crippen LogP contribution in [0.4, 0.5) is 11.4 Å². The second-order valence-corrected chi connectivity index (χ2v) is 23.8. The molecule has 1 N–H and O–H groups in total. The van der Waals surface area contributed by atoms with E-state index in [4.69, 9.17) is 18.9 Å². The van der Waals surface area contributed by atoms with Crippen LogP contribution >= 0.6 is 0 Å². The molecule has 408 valence electrons. The molecule has 20 nitrogen and oxygen atoms in total. The van der Waals surface area contributed by atoms with Gasteiger partial charge in [0, 0.05) is 86.7 Å². The summed E-state index contributed by atoms with van der Waals surface area (Å²) in [5, 5.41) is 9.31. The molecule has 2 heterocycles. The number of anilines is 1. The Morgan fingerprint density at radius 2 is 1.15 bits per heavy atom. The normalized spacial score (nSPS) is 19.1. The Labute approximate surface area is 437 Å². The van der Waals surface area contributed by atoms with Gasteiger partial charge in [-0.25, -0.2) is 33.7 Å². The molecule has 0 amide bonds. The first kappa shape index (κ1) is 59.0. The van der Waals surface area contributed by atoms with Crippen LogP contribution in [0.3, 0.4) is 0 Å². The lowest BCUT2D eigenvalue weighted by molar-refractivity contribution is -0.438. The average molecular weight is 1120 g/mol. The van der Waals surface area contributed by atoms with E-state index in [0.717, 1.165) is 12.1 Å². The van der Waals surface area contributed by atoms with Gasteiger partial charge in [-0.05, 0) is 111 Å². The van der Waals surface area contributed by atoms with Crippen LogP contribution in [0.2, 0.25) is 0 Å². The van der Waals surface area contributed by atoms with Gasteiger partial charge in [0.1, 0.15) is 47.0 Å². The van der Waals surface area contributed by atoms with Crippen molar-refractivity contribution in [1.82, 2.24) is 0 Å². The zero-order chi connectivity index (χ0) is 55.1. The maximum absolute atomic E-state index is 12.6. The molecule has 2 aliphatic rings. The van der Waals surface area contributed by atoms with Gasteiger partial charge in [-0.1, -0.05) is 36.4 Å². The first-order valence-corrected chi connectivity index (χ1v) is 29.4. The highest BCUT2D eigenvalue weighted by molar-refractivity contribution is 7.87. The molecule has 0 spiro atoms. The Bertz CT molecular complexity index is 3460. The highest BCUT2D eigenvalue weighted by Gasteiger charge is 2.49. The minimum atomic E-state index is -5.30. The molecular formula is C51H59N2O18S4-3. The Morgan fingerprint density at radius 1 is 0.627 bits per heavy atom. The first-order chi connectivity index (χ1) is 35.2. The number of carboxylic acid groups (broad SMARTS) is 1. The largest absolute Gasteiger partial charge is 0.744 e. The van der Waals surface area contributed by atoms with Crippen molar-refractivity contribution in [1.29, 1.82) is 0 Å². The molecule has 75 heavy (non-hydrogen) atoms. The molecular weight excluding hydrogens is 1060 g/mol. The Balaban J connectivity index is 1.45. The minimum absolute atomic E-state index is 0.0451. The van der Waals surface area contributed by atoms with Crippen LogP contribution in [-0.4, -0.2) is 140 Å². The number of hydrogen-bond acceptors (Lipinski definition) is 18. The number of benzene rings is 4. The molecule has 2 unspecified atom stereocenters. The number of rotatable bonds is 27. The minimum Gasteiger partial charge on any atom is -0.744 e. The molecule has 0 radical (unpaired) electrons. The van der Waals surface area contributed by atoms with Gasteiger partial charge in [0.2, 0.25) is 5.69 Å². The van der Waals surface area contributed by atoms with Gasteiger partial charge in [0.15, 0.2) is 5.71 Å². The van der Waals surface area contributed by atoms with E-state index in [2.05, 4.69) is 0 Å². The zero-order valence-corrected chi connectivity index (χ0v) is 45.2. The van der Waals surface area contributed by atoms with Gasteiger partial charge in [0.05, 0.1) is 51.4 Å². The molecule has 4 aromatic rings. The molecule has 2 aliphatic heterocycles. The maximum atomic E-state index is 12.6. The smallest absolute Gasteiger partial charge is 0.303 e. The standard InChI is InChI=1S/C51H62N2O18S4/c1-6-52-41-20-18-37-39(31-35(72(56,57)58)33-43(37)74(62,63)64)48(41)50(2,22-25-70-29-27-68-4)45(52)15-11-8-7-9-12-16-46-51(3,23-26-71-30-28-69-5)49-40-32-36(73(59,60)61)34-44(75(65,66)67)38(40)19-21-42(49)53(46)24-14-10-13-17-47(54)55/h7-9,11-12,15-16,18-21,31-34H,6,10,13-14,17,22-30H2,1-5H3,(H4-,54,55,56,57,58,59,60,61,62,63,64,65,66,67)/p-3. The highest BCUT2D eigenvalue weighted by atomic mass is 32.2. The molecule has 0 saturated carbocycles. The van der Waals surface area contributed by atoms with E-state index in [1.807, 2.05) is 42.4 Å². The fourth-order valence-electron chi connectivity index (χ4n) is 10.0. The highest BCUT2D eigenvalue weighted by Crippen LogP contribution is 2.54. The Hall–Kier alpha value is -5.22. The van der Waals surface area contributed by atoms with Crippen LogP contribution in [0.1, 0.15) is 70.4 Å². The van der Waals surface area contributed by atoms with E-state index in [1.165, 1.54) is 26.4 Å². The average Bonchev–Trinajstić information content (AvgIpc) is 3.71. The zero-order valence-electron chi connectivity index (χ0n) is 42.0. The van der Waals surface area contributed by atoms with Crippen LogP contribution in [0.25, 0.3) is 21.5 Å². The van der Waals surface area contributed by atoms with E-state index >= 15 is 0 Å². The van der Waals surface area contributed by atoms with E-state index in [1.54, 1.807) is 42.5 Å². The van der Waals surface area contributed by atoms with Crippen LogP contribution in [-0.2, 0) is 75.0 Å². The number of likely N-dealkylation sites (N-methyl/N-ethyl adjacent to an activating group) is 1. The fourth-order valence-corrected chi connectivity index (χ4v) is 12.7. The van der Waals surface area contributed by atoms with Crippen molar-refractivity contribution in [3.05, 3.63) is 108 Å². The van der Waals surface area contributed by atoms with E-state index in [0.29, 0.717) is 85.0 Å². The molecule has 6 rings (SSSR count). The summed E-state index contributed by atoms with van der Waals surface area (Å²) < 4.78 is 174. The third-order valence-corrected chi connectivity index (χ3v) is 16.9. The van der Waals surface area contributed by atoms with Crippen LogP contribution in [0.5, 0.6) is 0 Å². The van der Waals surface area contributed by atoms with Gasteiger partial charge in [0.25, 0.3) is 0 Å². The van der Waals surface area contributed by atoms with Crippen molar-refractivity contribution >= 4 is 85.1 Å². The molecule has 24 heteroatoms. The third-order valence-electron chi connectivity index (χ3n) is 13.5. The summed E-state index contributed by atoms with van der Waals surface area (Å²) in [5.74, 6) is -0.943. The number of methoxy groups -OCH3 is 2. The Kier molecular flexibility index (Phi) is 18.9. The molecule has 0 saturated heterocycles. The second kappa shape index (κ2) is 24.0. The maximum Gasteiger partial charge on any atom is 0.303 e. The summed E-state index contributed by atoms with van der Waals surface area (Å²) in [6.07, 6.45) is 14.3. The number of carboxylic acids is 1. The van der Waals surface area contributed by atoms with Gasteiger partial charge >= 0.3 is 5.97 Å². The first-order valence-electron chi connectivity index (χ1n) is 23.8. The molecule has 4 aromatic carbocycles. The lowest BCUT2D eigenvalue weighted by atomic mass is 9.75. The van der Waals surface area contributed by atoms with Gasteiger partial charge in [-0.3, -0.25) is 4.79 Å². The number of fused-ring (bicyclic) bond motifs is 6. The van der Waals surface area contributed by atoms with Crippen LogP contribution in [0, 0.1) is 0 Å². The molecule has 0 fully saturated rings. The van der Waals surface area contributed by atoms with E-state index in [9.17, 15) is 61.8 Å². The van der Waals surface area contributed by atoms with Crippen LogP contribution in [0.15, 0.2) is 116 Å². The number of allylic oxidation sites excluding steroid dienone is 8. The number of carbonyl (C=O) groups is 1. The number of nitrogens with zero attached hydrogens (tertiary/aromatic N) is 2. The van der Waals surface area contributed by atoms with Crippen molar-refractivity contribution in [2.45, 2.75) is 89.7 Å². The topological polar surface area (TPSA) is 309 Å². The molecule has 0 bridgehead atoms. The summed E-state index contributed by atoms with van der Waals surface area (Å²) in [6.45, 7) is 7.76. The number of aliphatic carboxylic acids is 1. The second-order valence-electron chi connectivity index (χ2n) is 18.3. The molecule has 0 aliphatic carbocycles. The number of ether oxygens (including phenoxy) is 4. The van der Waals surface area contributed by atoms with Crippen molar-refractivity contribution < 1.29 is 85.3 Å². The predicted molar refractivity (Wildman–Crippen MR) is 273 cm³/mol. The summed E-state index contributed by atoms with van der Waals surface area (Å²) >= 11 is 0. The third kappa shape index (κ3) is 13.1.